The second kappa shape index (κ2) is 4.14. The molecular formula is C11H13NO2S. The normalized spacial score (nSPS) is 18.9. The van der Waals surface area contributed by atoms with Crippen molar-refractivity contribution in [2.45, 2.75) is 17.9 Å². The summed E-state index contributed by atoms with van der Waals surface area (Å²) < 4.78 is 4.75. The number of fused-ring (bicyclic) bond motifs is 1. The fourth-order valence-electron chi connectivity index (χ4n) is 1.59. The summed E-state index contributed by atoms with van der Waals surface area (Å²) in [6, 6.07) is 6.10. The van der Waals surface area contributed by atoms with Crippen LogP contribution in [0.3, 0.4) is 0 Å². The van der Waals surface area contributed by atoms with Crippen molar-refractivity contribution < 1.29 is 9.53 Å². The minimum Gasteiger partial charge on any atom is -0.465 e. The lowest BCUT2D eigenvalue weighted by Gasteiger charge is -2.24. The molecule has 1 aliphatic heterocycles. The fraction of sp³-hybridized carbons (Fsp3) is 0.364. The second-order valence-electron chi connectivity index (χ2n) is 3.53. The second-order valence-corrected chi connectivity index (χ2v) is 4.56. The third-order valence-electron chi connectivity index (χ3n) is 2.30. The zero-order valence-electron chi connectivity index (χ0n) is 8.74. The van der Waals surface area contributed by atoms with E-state index in [2.05, 4.69) is 12.2 Å². The highest BCUT2D eigenvalue weighted by Crippen LogP contribution is 2.36. The van der Waals surface area contributed by atoms with Crippen LogP contribution in [0.15, 0.2) is 23.1 Å². The van der Waals surface area contributed by atoms with Gasteiger partial charge in [-0.1, -0.05) is 6.07 Å². The van der Waals surface area contributed by atoms with Crippen molar-refractivity contribution in [2.75, 3.05) is 18.2 Å². The number of carbonyl (C=O) groups is 1. The summed E-state index contributed by atoms with van der Waals surface area (Å²) >= 11 is 1.70. The van der Waals surface area contributed by atoms with Gasteiger partial charge in [-0.2, -0.15) is 0 Å². The molecule has 4 heteroatoms. The van der Waals surface area contributed by atoms with E-state index in [0.717, 1.165) is 16.3 Å². The minimum absolute atomic E-state index is 0.268. The van der Waals surface area contributed by atoms with Gasteiger partial charge in [-0.15, -0.1) is 11.8 Å². The fourth-order valence-corrected chi connectivity index (χ4v) is 2.68. The molecule has 0 saturated carbocycles. The number of hydrogen-bond acceptors (Lipinski definition) is 4. The van der Waals surface area contributed by atoms with E-state index in [1.165, 1.54) is 7.11 Å². The van der Waals surface area contributed by atoms with Gasteiger partial charge >= 0.3 is 5.97 Å². The number of esters is 1. The van der Waals surface area contributed by atoms with E-state index in [1.54, 1.807) is 17.8 Å². The molecule has 0 saturated heterocycles. The molecule has 0 bridgehead atoms. The van der Waals surface area contributed by atoms with Gasteiger partial charge in [0.2, 0.25) is 0 Å². The van der Waals surface area contributed by atoms with E-state index >= 15 is 0 Å². The Hall–Kier alpha value is -1.16. The summed E-state index contributed by atoms with van der Waals surface area (Å²) in [5.74, 6) is 0.705. The van der Waals surface area contributed by atoms with E-state index in [1.807, 2.05) is 12.1 Å². The number of anilines is 1. The van der Waals surface area contributed by atoms with Crippen LogP contribution in [0, 0.1) is 0 Å². The molecular weight excluding hydrogens is 210 g/mol. The molecule has 3 nitrogen and oxygen atoms in total. The molecule has 0 amide bonds. The molecule has 1 atom stereocenters. The molecule has 1 aliphatic rings. The Balaban J connectivity index is 2.42. The van der Waals surface area contributed by atoms with Crippen LogP contribution in [-0.2, 0) is 4.74 Å². The first-order valence-electron chi connectivity index (χ1n) is 4.83. The van der Waals surface area contributed by atoms with Gasteiger partial charge in [-0.3, -0.25) is 0 Å². The highest BCUT2D eigenvalue weighted by molar-refractivity contribution is 7.99. The first kappa shape index (κ1) is 10.4. The average molecular weight is 223 g/mol. The molecule has 1 heterocycles. The number of hydrogen-bond donors (Lipinski definition) is 1. The Labute approximate surface area is 93.2 Å². The minimum atomic E-state index is -0.268. The molecule has 2 rings (SSSR count). The number of ether oxygens (including phenoxy) is 1. The lowest BCUT2D eigenvalue weighted by molar-refractivity contribution is 0.0597. The molecule has 80 valence electrons. The van der Waals surface area contributed by atoms with Crippen LogP contribution in [0.2, 0.25) is 0 Å². The predicted octanol–water partition coefficient (Wildman–Crippen LogP) is 2.38. The van der Waals surface area contributed by atoms with Gasteiger partial charge in [0.15, 0.2) is 0 Å². The van der Waals surface area contributed by atoms with Crippen molar-refractivity contribution in [1.82, 2.24) is 0 Å². The molecule has 1 unspecified atom stereocenters. The highest BCUT2D eigenvalue weighted by atomic mass is 32.2. The lowest BCUT2D eigenvalue weighted by atomic mass is 10.2. The molecule has 1 aromatic rings. The highest BCUT2D eigenvalue weighted by Gasteiger charge is 2.20. The molecule has 0 radical (unpaired) electrons. The van der Waals surface area contributed by atoms with E-state index in [-0.39, 0.29) is 5.97 Å². The Kier molecular flexibility index (Phi) is 2.86. The monoisotopic (exact) mass is 223 g/mol. The molecule has 0 fully saturated rings. The van der Waals surface area contributed by atoms with Crippen LogP contribution in [0.1, 0.15) is 17.3 Å². The van der Waals surface area contributed by atoms with Crippen molar-refractivity contribution >= 4 is 23.4 Å². The SMILES string of the molecule is COC(=O)c1cccc2c1SCC(C)N2. The van der Waals surface area contributed by atoms with Crippen LogP contribution in [0.25, 0.3) is 0 Å². The van der Waals surface area contributed by atoms with Gasteiger partial charge in [0.25, 0.3) is 0 Å². The van der Waals surface area contributed by atoms with Crippen molar-refractivity contribution in [3.05, 3.63) is 23.8 Å². The predicted molar refractivity (Wildman–Crippen MR) is 61.6 cm³/mol. The summed E-state index contributed by atoms with van der Waals surface area (Å²) in [5, 5.41) is 3.35. The molecule has 15 heavy (non-hydrogen) atoms. The lowest BCUT2D eigenvalue weighted by Crippen LogP contribution is -2.23. The summed E-state index contributed by atoms with van der Waals surface area (Å²) in [5.41, 5.74) is 1.68. The Morgan fingerprint density at radius 3 is 3.13 bits per heavy atom. The first-order valence-corrected chi connectivity index (χ1v) is 5.81. The third kappa shape index (κ3) is 1.95. The standard InChI is InChI=1S/C11H13NO2S/c1-7-6-15-10-8(11(13)14-2)4-3-5-9(10)12-7/h3-5,7,12H,6H2,1-2H3. The van der Waals surface area contributed by atoms with Crippen molar-refractivity contribution in [2.24, 2.45) is 0 Å². The van der Waals surface area contributed by atoms with Gasteiger partial charge in [0.1, 0.15) is 0 Å². The topological polar surface area (TPSA) is 38.3 Å². The number of benzene rings is 1. The maximum absolute atomic E-state index is 11.5. The van der Waals surface area contributed by atoms with Crippen molar-refractivity contribution in [3.63, 3.8) is 0 Å². The van der Waals surface area contributed by atoms with Crippen LogP contribution in [-0.4, -0.2) is 24.9 Å². The van der Waals surface area contributed by atoms with Gasteiger partial charge in [0, 0.05) is 22.4 Å². The number of carbonyl (C=O) groups excluding carboxylic acids is 1. The van der Waals surface area contributed by atoms with Crippen LogP contribution in [0.5, 0.6) is 0 Å². The van der Waals surface area contributed by atoms with E-state index in [0.29, 0.717) is 11.6 Å². The largest absolute Gasteiger partial charge is 0.465 e. The number of rotatable bonds is 1. The Bertz CT molecular complexity index is 392. The Morgan fingerprint density at radius 2 is 2.40 bits per heavy atom. The number of thioether (sulfide) groups is 1. The summed E-state index contributed by atoms with van der Waals surface area (Å²) in [6.07, 6.45) is 0. The molecule has 1 aromatic carbocycles. The summed E-state index contributed by atoms with van der Waals surface area (Å²) in [7, 11) is 1.41. The van der Waals surface area contributed by atoms with Crippen LogP contribution < -0.4 is 5.32 Å². The van der Waals surface area contributed by atoms with Crippen LogP contribution in [0.4, 0.5) is 5.69 Å². The molecule has 1 N–H and O–H groups in total. The Morgan fingerprint density at radius 1 is 1.60 bits per heavy atom. The maximum Gasteiger partial charge on any atom is 0.339 e. The van der Waals surface area contributed by atoms with Gasteiger partial charge in [-0.25, -0.2) is 4.79 Å². The van der Waals surface area contributed by atoms with Gasteiger partial charge < -0.3 is 10.1 Å². The molecule has 0 aromatic heterocycles. The van der Waals surface area contributed by atoms with Crippen molar-refractivity contribution in [1.29, 1.82) is 0 Å². The third-order valence-corrected chi connectivity index (χ3v) is 3.70. The van der Waals surface area contributed by atoms with Crippen molar-refractivity contribution in [3.8, 4) is 0 Å². The number of methoxy groups -OCH3 is 1. The van der Waals surface area contributed by atoms with E-state index in [4.69, 9.17) is 4.74 Å². The van der Waals surface area contributed by atoms with Gasteiger partial charge in [0.05, 0.1) is 12.7 Å². The zero-order chi connectivity index (χ0) is 10.8. The summed E-state index contributed by atoms with van der Waals surface area (Å²) in [4.78, 5) is 12.5. The maximum atomic E-state index is 11.5. The zero-order valence-corrected chi connectivity index (χ0v) is 9.56. The quantitative estimate of drug-likeness (QED) is 0.742. The molecule has 0 aliphatic carbocycles. The first-order chi connectivity index (χ1) is 7.22. The summed E-state index contributed by atoms with van der Waals surface area (Å²) in [6.45, 7) is 2.13. The van der Waals surface area contributed by atoms with E-state index < -0.39 is 0 Å². The number of nitrogens with one attached hydrogen (secondary N) is 1. The van der Waals surface area contributed by atoms with Crippen LogP contribution >= 0.6 is 11.8 Å². The van der Waals surface area contributed by atoms with E-state index in [9.17, 15) is 4.79 Å². The average Bonchev–Trinajstić information content (AvgIpc) is 2.26. The van der Waals surface area contributed by atoms with Gasteiger partial charge in [-0.05, 0) is 19.1 Å². The molecule has 0 spiro atoms. The smallest absolute Gasteiger partial charge is 0.339 e.